The summed E-state index contributed by atoms with van der Waals surface area (Å²) < 4.78 is 12.1. The van der Waals surface area contributed by atoms with Crippen molar-refractivity contribution in [2.24, 2.45) is 5.41 Å². The zero-order chi connectivity index (χ0) is 18.3. The maximum absolute atomic E-state index is 12.6. The minimum Gasteiger partial charge on any atom is -0.448 e. The predicted molar refractivity (Wildman–Crippen MR) is 92.5 cm³/mol. The van der Waals surface area contributed by atoms with Crippen LogP contribution in [0, 0.1) is 5.41 Å². The highest BCUT2D eigenvalue weighted by Crippen LogP contribution is 2.49. The third kappa shape index (κ3) is 3.47. The molecule has 0 aromatic heterocycles. The lowest BCUT2D eigenvalue weighted by Crippen LogP contribution is -2.47. The van der Waals surface area contributed by atoms with Crippen LogP contribution in [0.3, 0.4) is 0 Å². The summed E-state index contributed by atoms with van der Waals surface area (Å²) in [5.74, 6) is -0.540. The van der Waals surface area contributed by atoms with E-state index in [0.29, 0.717) is 22.7 Å². The lowest BCUT2D eigenvalue weighted by Gasteiger charge is -2.35. The molecule has 2 N–H and O–H groups in total. The normalized spacial score (nSPS) is 19.3. The fourth-order valence-corrected chi connectivity index (χ4v) is 2.30. The molecule has 2 amide bonds. The van der Waals surface area contributed by atoms with E-state index in [1.807, 2.05) is 41.5 Å². The second-order valence-corrected chi connectivity index (χ2v) is 7.56. The average Bonchev–Trinajstić information content (AvgIpc) is 2.73. The first-order valence-corrected chi connectivity index (χ1v) is 8.07. The van der Waals surface area contributed by atoms with Crippen LogP contribution in [0.5, 0.6) is 11.5 Å². The van der Waals surface area contributed by atoms with Crippen molar-refractivity contribution >= 4 is 17.5 Å². The molecule has 0 unspecified atom stereocenters. The van der Waals surface area contributed by atoms with E-state index in [4.69, 9.17) is 9.47 Å². The summed E-state index contributed by atoms with van der Waals surface area (Å²) >= 11 is 0. The zero-order valence-corrected chi connectivity index (χ0v) is 15.4. The van der Waals surface area contributed by atoms with Crippen molar-refractivity contribution in [1.29, 1.82) is 0 Å². The SMILES string of the molecule is CC(=O)Nc1cc2c(c(C(=O)NC(C)C)c1)O[C@@](C)(C(C)(C)C)O2. The third-order valence-electron chi connectivity index (χ3n) is 4.00. The van der Waals surface area contributed by atoms with Gasteiger partial charge in [-0.2, -0.15) is 0 Å². The van der Waals surface area contributed by atoms with E-state index in [-0.39, 0.29) is 23.3 Å². The summed E-state index contributed by atoms with van der Waals surface area (Å²) in [5, 5.41) is 5.54. The monoisotopic (exact) mass is 334 g/mol. The summed E-state index contributed by atoms with van der Waals surface area (Å²) in [5.41, 5.74) is 0.529. The Kier molecular flexibility index (Phi) is 4.52. The Morgan fingerprint density at radius 2 is 1.79 bits per heavy atom. The molecule has 0 bridgehead atoms. The average molecular weight is 334 g/mol. The van der Waals surface area contributed by atoms with Gasteiger partial charge in [-0.15, -0.1) is 0 Å². The molecule has 0 aliphatic carbocycles. The molecule has 1 atom stereocenters. The van der Waals surface area contributed by atoms with Crippen LogP contribution in [0.15, 0.2) is 12.1 Å². The van der Waals surface area contributed by atoms with Crippen molar-refractivity contribution < 1.29 is 19.1 Å². The molecular formula is C18H26N2O4. The fraction of sp³-hybridized carbons (Fsp3) is 0.556. The van der Waals surface area contributed by atoms with Gasteiger partial charge in [-0.3, -0.25) is 9.59 Å². The highest BCUT2D eigenvalue weighted by Gasteiger charge is 2.48. The van der Waals surface area contributed by atoms with E-state index in [9.17, 15) is 9.59 Å². The first kappa shape index (κ1) is 18.1. The van der Waals surface area contributed by atoms with Gasteiger partial charge in [0.1, 0.15) is 0 Å². The largest absolute Gasteiger partial charge is 0.448 e. The Balaban J connectivity index is 2.50. The molecule has 1 aromatic rings. The summed E-state index contributed by atoms with van der Waals surface area (Å²) in [7, 11) is 0. The molecule has 0 spiro atoms. The third-order valence-corrected chi connectivity index (χ3v) is 4.00. The molecule has 0 radical (unpaired) electrons. The number of rotatable bonds is 3. The Morgan fingerprint density at radius 1 is 1.17 bits per heavy atom. The smallest absolute Gasteiger partial charge is 0.255 e. The van der Waals surface area contributed by atoms with Gasteiger partial charge in [0.25, 0.3) is 11.7 Å². The molecule has 2 rings (SSSR count). The highest BCUT2D eigenvalue weighted by molar-refractivity contribution is 6.00. The van der Waals surface area contributed by atoms with Crippen LogP contribution in [-0.2, 0) is 4.79 Å². The quantitative estimate of drug-likeness (QED) is 0.889. The number of benzene rings is 1. The van der Waals surface area contributed by atoms with E-state index in [2.05, 4.69) is 10.6 Å². The van der Waals surface area contributed by atoms with Crippen LogP contribution in [0.1, 0.15) is 58.8 Å². The molecule has 6 nitrogen and oxygen atoms in total. The Hall–Kier alpha value is -2.24. The number of anilines is 1. The van der Waals surface area contributed by atoms with Gasteiger partial charge >= 0.3 is 0 Å². The van der Waals surface area contributed by atoms with Gasteiger partial charge in [0.05, 0.1) is 5.56 Å². The van der Waals surface area contributed by atoms with Crippen LogP contribution >= 0.6 is 0 Å². The molecule has 24 heavy (non-hydrogen) atoms. The Labute approximate surface area is 142 Å². The molecule has 1 aliphatic rings. The predicted octanol–water partition coefficient (Wildman–Crippen LogP) is 3.32. The summed E-state index contributed by atoms with van der Waals surface area (Å²) in [6.45, 7) is 13.0. The Morgan fingerprint density at radius 3 is 2.29 bits per heavy atom. The standard InChI is InChI=1S/C18H26N2O4/c1-10(2)19-16(22)13-8-12(20-11(3)21)9-14-15(13)24-18(7,23-14)17(4,5)6/h8-10H,1-7H3,(H,19,22)(H,20,21)/t18-/m0/s1. The first-order valence-electron chi connectivity index (χ1n) is 8.07. The van der Waals surface area contributed by atoms with Gasteiger partial charge in [-0.25, -0.2) is 0 Å². The van der Waals surface area contributed by atoms with Gasteiger partial charge in [-0.1, -0.05) is 20.8 Å². The second kappa shape index (κ2) is 6.00. The minimum atomic E-state index is -0.906. The van der Waals surface area contributed by atoms with Crippen LogP contribution in [-0.4, -0.2) is 23.6 Å². The number of fused-ring (bicyclic) bond motifs is 1. The van der Waals surface area contributed by atoms with Crippen LogP contribution in [0.25, 0.3) is 0 Å². The number of carbonyl (C=O) groups excluding carboxylic acids is 2. The Bertz CT molecular complexity index is 676. The number of hydrogen-bond donors (Lipinski definition) is 2. The lowest BCUT2D eigenvalue weighted by atomic mass is 9.87. The zero-order valence-electron chi connectivity index (χ0n) is 15.4. The van der Waals surface area contributed by atoms with Crippen molar-refractivity contribution in [3.8, 4) is 11.5 Å². The van der Waals surface area contributed by atoms with Crippen molar-refractivity contribution in [2.45, 2.75) is 60.3 Å². The lowest BCUT2D eigenvalue weighted by molar-refractivity contribution is -0.142. The van der Waals surface area contributed by atoms with Crippen LogP contribution < -0.4 is 20.1 Å². The van der Waals surface area contributed by atoms with E-state index in [1.165, 1.54) is 6.92 Å². The van der Waals surface area contributed by atoms with Crippen molar-refractivity contribution in [3.63, 3.8) is 0 Å². The number of nitrogens with one attached hydrogen (secondary N) is 2. The van der Waals surface area contributed by atoms with Gasteiger partial charge < -0.3 is 20.1 Å². The molecule has 6 heteroatoms. The van der Waals surface area contributed by atoms with Gasteiger partial charge in [-0.05, 0) is 19.9 Å². The van der Waals surface area contributed by atoms with Gasteiger partial charge in [0, 0.05) is 37.1 Å². The first-order chi connectivity index (χ1) is 10.9. The molecule has 132 valence electrons. The molecule has 1 aromatic carbocycles. The van der Waals surface area contributed by atoms with Crippen molar-refractivity contribution in [2.75, 3.05) is 5.32 Å². The van der Waals surface area contributed by atoms with Gasteiger partial charge in [0.2, 0.25) is 5.91 Å². The number of hydrogen-bond acceptors (Lipinski definition) is 4. The minimum absolute atomic E-state index is 0.0195. The van der Waals surface area contributed by atoms with E-state index < -0.39 is 5.79 Å². The molecule has 0 saturated heterocycles. The second-order valence-electron chi connectivity index (χ2n) is 7.56. The molecule has 0 fully saturated rings. The van der Waals surface area contributed by atoms with Crippen molar-refractivity contribution in [1.82, 2.24) is 5.32 Å². The number of amides is 2. The van der Waals surface area contributed by atoms with E-state index in [1.54, 1.807) is 12.1 Å². The fourth-order valence-electron chi connectivity index (χ4n) is 2.30. The van der Waals surface area contributed by atoms with Crippen molar-refractivity contribution in [3.05, 3.63) is 17.7 Å². The maximum atomic E-state index is 12.6. The van der Waals surface area contributed by atoms with E-state index >= 15 is 0 Å². The van der Waals surface area contributed by atoms with Crippen LogP contribution in [0.4, 0.5) is 5.69 Å². The van der Waals surface area contributed by atoms with Gasteiger partial charge in [0.15, 0.2) is 11.5 Å². The van der Waals surface area contributed by atoms with Crippen LogP contribution in [0.2, 0.25) is 0 Å². The topological polar surface area (TPSA) is 76.7 Å². The molecule has 1 heterocycles. The van der Waals surface area contributed by atoms with E-state index in [0.717, 1.165) is 0 Å². The number of ether oxygens (including phenoxy) is 2. The molecule has 1 aliphatic heterocycles. The summed E-state index contributed by atoms with van der Waals surface area (Å²) in [6, 6.07) is 3.27. The summed E-state index contributed by atoms with van der Waals surface area (Å²) in [4.78, 5) is 23.9. The molecular weight excluding hydrogens is 308 g/mol. The highest BCUT2D eigenvalue weighted by atomic mass is 16.7. The number of carbonyl (C=O) groups is 2. The molecule has 0 saturated carbocycles. The maximum Gasteiger partial charge on any atom is 0.255 e. The summed E-state index contributed by atoms with van der Waals surface area (Å²) in [6.07, 6.45) is 0.